The van der Waals surface area contributed by atoms with Gasteiger partial charge in [-0.2, -0.15) is 0 Å². The molecule has 0 spiro atoms. The Labute approximate surface area is 94.7 Å². The van der Waals surface area contributed by atoms with E-state index < -0.39 is 5.97 Å². The number of piperazine rings is 1. The summed E-state index contributed by atoms with van der Waals surface area (Å²) in [6, 6.07) is 2.06. The highest BCUT2D eigenvalue weighted by Gasteiger charge is 2.17. The average Bonchev–Trinajstić information content (AvgIpc) is 2.80. The van der Waals surface area contributed by atoms with E-state index in [2.05, 4.69) is 20.9 Å². The number of nitrogens with zero attached hydrogens (tertiary/aromatic N) is 2. The number of carboxylic acid groups (broad SMARTS) is 1. The van der Waals surface area contributed by atoms with Crippen LogP contribution >= 0.6 is 0 Å². The number of rotatable bonds is 4. The molecule has 88 valence electrons. The van der Waals surface area contributed by atoms with Crippen molar-refractivity contribution in [3.8, 4) is 0 Å². The van der Waals surface area contributed by atoms with Crippen molar-refractivity contribution in [2.45, 2.75) is 6.42 Å². The molecule has 0 unspecified atom stereocenters. The van der Waals surface area contributed by atoms with Crippen LogP contribution in [-0.2, 0) is 4.79 Å². The molecule has 5 heteroatoms. The van der Waals surface area contributed by atoms with Crippen LogP contribution in [0.4, 0.5) is 5.69 Å². The highest BCUT2D eigenvalue weighted by atomic mass is 16.4. The number of H-pyrrole nitrogens is 1. The molecule has 1 saturated heterocycles. The molecule has 1 aromatic rings. The molecule has 1 aliphatic heterocycles. The smallest absolute Gasteiger partial charge is 0.304 e. The van der Waals surface area contributed by atoms with Crippen LogP contribution in [0.2, 0.25) is 0 Å². The average molecular weight is 223 g/mol. The standard InChI is InChI=1S/C11H17N3O2/c15-11(16)2-4-13-5-7-14(8-6-13)10-1-3-12-9-10/h1,3,9,12H,2,4-8H2,(H,15,16). The Morgan fingerprint density at radius 1 is 1.38 bits per heavy atom. The fraction of sp³-hybridized carbons (Fsp3) is 0.545. The first kappa shape index (κ1) is 11.0. The Kier molecular flexibility index (Phi) is 3.46. The number of carbonyl (C=O) groups is 1. The minimum Gasteiger partial charge on any atom is -0.481 e. The second-order valence-electron chi connectivity index (χ2n) is 4.04. The zero-order chi connectivity index (χ0) is 11.4. The van der Waals surface area contributed by atoms with Crippen LogP contribution in [-0.4, -0.2) is 53.7 Å². The predicted molar refractivity (Wildman–Crippen MR) is 61.7 cm³/mol. The number of aromatic nitrogens is 1. The van der Waals surface area contributed by atoms with Crippen LogP contribution < -0.4 is 4.90 Å². The first-order valence-electron chi connectivity index (χ1n) is 5.57. The van der Waals surface area contributed by atoms with Gasteiger partial charge in [0, 0.05) is 45.1 Å². The third kappa shape index (κ3) is 2.76. The van der Waals surface area contributed by atoms with E-state index in [0.717, 1.165) is 26.2 Å². The van der Waals surface area contributed by atoms with Crippen LogP contribution in [0.15, 0.2) is 18.5 Å². The minimum atomic E-state index is -0.715. The van der Waals surface area contributed by atoms with Crippen LogP contribution in [0.3, 0.4) is 0 Å². The van der Waals surface area contributed by atoms with Gasteiger partial charge >= 0.3 is 5.97 Å². The van der Waals surface area contributed by atoms with Crippen LogP contribution in [0.25, 0.3) is 0 Å². The Morgan fingerprint density at radius 3 is 2.69 bits per heavy atom. The van der Waals surface area contributed by atoms with Gasteiger partial charge in [0.05, 0.1) is 12.1 Å². The topological polar surface area (TPSA) is 59.6 Å². The number of aliphatic carboxylic acids is 1. The maximum atomic E-state index is 10.5. The summed E-state index contributed by atoms with van der Waals surface area (Å²) in [5, 5.41) is 8.61. The highest BCUT2D eigenvalue weighted by Crippen LogP contribution is 2.14. The molecule has 1 fully saturated rings. The van der Waals surface area contributed by atoms with Gasteiger partial charge in [0.2, 0.25) is 0 Å². The molecule has 5 nitrogen and oxygen atoms in total. The van der Waals surface area contributed by atoms with Crippen molar-refractivity contribution >= 4 is 11.7 Å². The first-order chi connectivity index (χ1) is 7.75. The number of anilines is 1. The molecular weight excluding hydrogens is 206 g/mol. The van der Waals surface area contributed by atoms with Gasteiger partial charge in [0.15, 0.2) is 0 Å². The predicted octanol–water partition coefficient (Wildman–Crippen LogP) is 0.611. The maximum Gasteiger partial charge on any atom is 0.304 e. The van der Waals surface area contributed by atoms with Crippen molar-refractivity contribution in [3.05, 3.63) is 18.5 Å². The second kappa shape index (κ2) is 5.03. The van der Waals surface area contributed by atoms with Gasteiger partial charge in [-0.05, 0) is 6.07 Å². The van der Waals surface area contributed by atoms with Crippen molar-refractivity contribution in [1.29, 1.82) is 0 Å². The molecule has 0 radical (unpaired) electrons. The zero-order valence-electron chi connectivity index (χ0n) is 9.22. The summed E-state index contributed by atoms with van der Waals surface area (Å²) in [4.78, 5) is 18.0. The SMILES string of the molecule is O=C(O)CCN1CCN(c2cc[nH]c2)CC1. The van der Waals surface area contributed by atoms with E-state index in [1.807, 2.05) is 12.4 Å². The lowest BCUT2D eigenvalue weighted by Gasteiger charge is -2.35. The summed E-state index contributed by atoms with van der Waals surface area (Å²) in [5.41, 5.74) is 1.22. The van der Waals surface area contributed by atoms with Crippen LogP contribution in [0.1, 0.15) is 6.42 Å². The van der Waals surface area contributed by atoms with Crippen molar-refractivity contribution in [3.63, 3.8) is 0 Å². The summed E-state index contributed by atoms with van der Waals surface area (Å²) in [7, 11) is 0. The van der Waals surface area contributed by atoms with Crippen molar-refractivity contribution < 1.29 is 9.90 Å². The summed E-state index contributed by atoms with van der Waals surface area (Å²) in [5.74, 6) is -0.715. The van der Waals surface area contributed by atoms with Gasteiger partial charge in [0.1, 0.15) is 0 Å². The fourth-order valence-electron chi connectivity index (χ4n) is 2.00. The largest absolute Gasteiger partial charge is 0.481 e. The lowest BCUT2D eigenvalue weighted by molar-refractivity contribution is -0.137. The van der Waals surface area contributed by atoms with E-state index in [1.165, 1.54) is 5.69 Å². The number of nitrogens with one attached hydrogen (secondary N) is 1. The zero-order valence-corrected chi connectivity index (χ0v) is 9.22. The third-order valence-electron chi connectivity index (χ3n) is 2.96. The van der Waals surface area contributed by atoms with Gasteiger partial charge in [-0.15, -0.1) is 0 Å². The maximum absolute atomic E-state index is 10.5. The molecule has 2 rings (SSSR count). The molecule has 0 aromatic carbocycles. The lowest BCUT2D eigenvalue weighted by Crippen LogP contribution is -2.46. The van der Waals surface area contributed by atoms with E-state index in [9.17, 15) is 4.79 Å². The Balaban J connectivity index is 1.76. The van der Waals surface area contributed by atoms with Crippen LogP contribution in [0, 0.1) is 0 Å². The molecular formula is C11H17N3O2. The van der Waals surface area contributed by atoms with E-state index in [0.29, 0.717) is 6.54 Å². The third-order valence-corrected chi connectivity index (χ3v) is 2.96. The van der Waals surface area contributed by atoms with Crippen LogP contribution in [0.5, 0.6) is 0 Å². The minimum absolute atomic E-state index is 0.240. The molecule has 0 atom stereocenters. The molecule has 0 bridgehead atoms. The molecule has 1 aliphatic rings. The Bertz CT molecular complexity index is 329. The number of aromatic amines is 1. The van der Waals surface area contributed by atoms with E-state index in [4.69, 9.17) is 5.11 Å². The van der Waals surface area contributed by atoms with E-state index in [-0.39, 0.29) is 6.42 Å². The van der Waals surface area contributed by atoms with E-state index in [1.54, 1.807) is 0 Å². The molecule has 0 saturated carbocycles. The van der Waals surface area contributed by atoms with Crippen molar-refractivity contribution in [2.24, 2.45) is 0 Å². The van der Waals surface area contributed by atoms with Crippen molar-refractivity contribution in [2.75, 3.05) is 37.6 Å². The monoisotopic (exact) mass is 223 g/mol. The van der Waals surface area contributed by atoms with Gasteiger partial charge in [-0.1, -0.05) is 0 Å². The van der Waals surface area contributed by atoms with Gasteiger partial charge < -0.3 is 15.0 Å². The number of hydrogen-bond acceptors (Lipinski definition) is 3. The summed E-state index contributed by atoms with van der Waals surface area (Å²) < 4.78 is 0. The molecule has 0 aliphatic carbocycles. The normalized spacial score (nSPS) is 17.6. The number of carboxylic acids is 1. The van der Waals surface area contributed by atoms with Crippen molar-refractivity contribution in [1.82, 2.24) is 9.88 Å². The molecule has 2 heterocycles. The molecule has 0 amide bonds. The summed E-state index contributed by atoms with van der Waals surface area (Å²) in [6.45, 7) is 4.49. The Morgan fingerprint density at radius 2 is 2.12 bits per heavy atom. The molecule has 16 heavy (non-hydrogen) atoms. The first-order valence-corrected chi connectivity index (χ1v) is 5.57. The van der Waals surface area contributed by atoms with Gasteiger partial charge in [0.25, 0.3) is 0 Å². The lowest BCUT2D eigenvalue weighted by atomic mass is 10.2. The van der Waals surface area contributed by atoms with E-state index >= 15 is 0 Å². The highest BCUT2D eigenvalue weighted by molar-refractivity contribution is 5.66. The van der Waals surface area contributed by atoms with Gasteiger partial charge in [-0.3, -0.25) is 9.69 Å². The quantitative estimate of drug-likeness (QED) is 0.785. The summed E-state index contributed by atoms with van der Waals surface area (Å²) >= 11 is 0. The summed E-state index contributed by atoms with van der Waals surface area (Å²) in [6.07, 6.45) is 4.16. The van der Waals surface area contributed by atoms with Gasteiger partial charge in [-0.25, -0.2) is 0 Å². The number of hydrogen-bond donors (Lipinski definition) is 2. The second-order valence-corrected chi connectivity index (χ2v) is 4.04. The molecule has 1 aromatic heterocycles. The fourth-order valence-corrected chi connectivity index (χ4v) is 2.00. The molecule has 2 N–H and O–H groups in total. The Hall–Kier alpha value is -1.49.